The van der Waals surface area contributed by atoms with Gasteiger partial charge in [-0.05, 0) is 55.5 Å². The monoisotopic (exact) mass is 290 g/mol. The Morgan fingerprint density at radius 3 is 2.62 bits per heavy atom. The third-order valence-corrected chi connectivity index (χ3v) is 4.87. The number of likely N-dealkylation sites (tertiary alicyclic amines) is 1. The van der Waals surface area contributed by atoms with Crippen LogP contribution in [0.4, 0.5) is 10.1 Å². The molecule has 0 unspecified atom stereocenters. The second-order valence-corrected chi connectivity index (χ2v) is 6.38. The molecule has 1 heterocycles. The minimum atomic E-state index is -0.285. The molecule has 3 nitrogen and oxygen atoms in total. The number of benzene rings is 1. The van der Waals surface area contributed by atoms with Crippen molar-refractivity contribution in [2.45, 2.75) is 32.1 Å². The van der Waals surface area contributed by atoms with Crippen molar-refractivity contribution in [2.24, 2.45) is 11.8 Å². The standard InChI is InChI=1S/C17H23FN2O/c18-15-5-7-16(8-6-15)19-17(21)12-20-10-9-13-3-1-2-4-14(13)11-20/h5-8,13-14H,1-4,9-12H2,(H,19,21)/t13-,14-/m1/s1. The smallest absolute Gasteiger partial charge is 0.238 e. The molecule has 1 aliphatic heterocycles. The van der Waals surface area contributed by atoms with Gasteiger partial charge in [-0.2, -0.15) is 0 Å². The Balaban J connectivity index is 1.49. The largest absolute Gasteiger partial charge is 0.325 e. The molecule has 0 radical (unpaired) electrons. The lowest BCUT2D eigenvalue weighted by molar-refractivity contribution is -0.118. The third-order valence-electron chi connectivity index (χ3n) is 4.87. The van der Waals surface area contributed by atoms with E-state index >= 15 is 0 Å². The minimum Gasteiger partial charge on any atom is -0.325 e. The van der Waals surface area contributed by atoms with Gasteiger partial charge in [0.15, 0.2) is 0 Å². The zero-order chi connectivity index (χ0) is 14.7. The summed E-state index contributed by atoms with van der Waals surface area (Å²) >= 11 is 0. The SMILES string of the molecule is O=C(CN1CC[C@H]2CCCC[C@@H]2C1)Nc1ccc(F)cc1. The molecular weight excluding hydrogens is 267 g/mol. The fraction of sp³-hybridized carbons (Fsp3) is 0.588. The van der Waals surface area contributed by atoms with E-state index in [0.29, 0.717) is 12.2 Å². The van der Waals surface area contributed by atoms with E-state index in [9.17, 15) is 9.18 Å². The number of halogens is 1. The number of hydrogen-bond donors (Lipinski definition) is 1. The van der Waals surface area contributed by atoms with Gasteiger partial charge in [-0.15, -0.1) is 0 Å². The molecule has 1 saturated heterocycles. The summed E-state index contributed by atoms with van der Waals surface area (Å²) in [6.45, 7) is 2.53. The molecule has 1 aromatic carbocycles. The van der Waals surface area contributed by atoms with Crippen molar-refractivity contribution in [3.8, 4) is 0 Å². The van der Waals surface area contributed by atoms with Crippen LogP contribution in [0, 0.1) is 17.7 Å². The summed E-state index contributed by atoms with van der Waals surface area (Å²) in [5.74, 6) is 1.38. The number of hydrogen-bond acceptors (Lipinski definition) is 2. The summed E-state index contributed by atoms with van der Waals surface area (Å²) in [6.07, 6.45) is 6.65. The Labute approximate surface area is 125 Å². The van der Waals surface area contributed by atoms with Crippen LogP contribution in [0.5, 0.6) is 0 Å². The Bertz CT molecular complexity index is 488. The van der Waals surface area contributed by atoms with Crippen LogP contribution >= 0.6 is 0 Å². The van der Waals surface area contributed by atoms with Gasteiger partial charge in [-0.1, -0.05) is 19.3 Å². The molecule has 4 heteroatoms. The fourth-order valence-electron chi connectivity index (χ4n) is 3.76. The molecule has 0 spiro atoms. The topological polar surface area (TPSA) is 32.3 Å². The van der Waals surface area contributed by atoms with E-state index in [1.165, 1.54) is 44.2 Å². The number of fused-ring (bicyclic) bond motifs is 1. The van der Waals surface area contributed by atoms with E-state index in [1.54, 1.807) is 12.1 Å². The molecule has 2 aliphatic rings. The molecule has 114 valence electrons. The van der Waals surface area contributed by atoms with Crippen LogP contribution in [0.2, 0.25) is 0 Å². The first-order chi connectivity index (χ1) is 10.2. The number of carbonyl (C=O) groups is 1. The Morgan fingerprint density at radius 1 is 1.14 bits per heavy atom. The van der Waals surface area contributed by atoms with Gasteiger partial charge in [0.05, 0.1) is 6.54 Å². The number of amides is 1. The first-order valence-electron chi connectivity index (χ1n) is 7.98. The summed E-state index contributed by atoms with van der Waals surface area (Å²) in [6, 6.07) is 5.92. The lowest BCUT2D eigenvalue weighted by Crippen LogP contribution is -2.44. The normalized spacial score (nSPS) is 26.1. The van der Waals surface area contributed by atoms with Crippen LogP contribution in [0.25, 0.3) is 0 Å². The van der Waals surface area contributed by atoms with Gasteiger partial charge >= 0.3 is 0 Å². The molecule has 1 saturated carbocycles. The molecule has 2 atom stereocenters. The summed E-state index contributed by atoms with van der Waals surface area (Å²) in [5.41, 5.74) is 0.661. The summed E-state index contributed by atoms with van der Waals surface area (Å²) in [5, 5.41) is 2.84. The predicted molar refractivity (Wildman–Crippen MR) is 81.5 cm³/mol. The highest BCUT2D eigenvalue weighted by Crippen LogP contribution is 2.35. The van der Waals surface area contributed by atoms with Gasteiger partial charge in [0.1, 0.15) is 5.82 Å². The van der Waals surface area contributed by atoms with Crippen molar-refractivity contribution in [1.82, 2.24) is 4.90 Å². The first-order valence-corrected chi connectivity index (χ1v) is 7.98. The highest BCUT2D eigenvalue weighted by molar-refractivity contribution is 5.92. The average Bonchev–Trinajstić information content (AvgIpc) is 2.49. The number of piperidine rings is 1. The second kappa shape index (κ2) is 6.56. The molecule has 21 heavy (non-hydrogen) atoms. The van der Waals surface area contributed by atoms with Gasteiger partial charge in [-0.3, -0.25) is 9.69 Å². The maximum absolute atomic E-state index is 12.8. The number of nitrogens with one attached hydrogen (secondary N) is 1. The van der Waals surface area contributed by atoms with Crippen molar-refractivity contribution >= 4 is 11.6 Å². The Morgan fingerprint density at radius 2 is 1.86 bits per heavy atom. The van der Waals surface area contributed by atoms with Gasteiger partial charge < -0.3 is 5.32 Å². The number of nitrogens with zero attached hydrogens (tertiary/aromatic N) is 1. The Hall–Kier alpha value is -1.42. The average molecular weight is 290 g/mol. The molecule has 1 aliphatic carbocycles. The molecular formula is C17H23FN2O. The van der Waals surface area contributed by atoms with E-state index in [2.05, 4.69) is 10.2 Å². The minimum absolute atomic E-state index is 0.00383. The van der Waals surface area contributed by atoms with Crippen molar-refractivity contribution < 1.29 is 9.18 Å². The van der Waals surface area contributed by atoms with E-state index < -0.39 is 0 Å². The predicted octanol–water partition coefficient (Wildman–Crippen LogP) is 3.28. The molecule has 2 fully saturated rings. The van der Waals surface area contributed by atoms with Crippen molar-refractivity contribution in [2.75, 3.05) is 25.0 Å². The van der Waals surface area contributed by atoms with Crippen LogP contribution in [-0.2, 0) is 4.79 Å². The van der Waals surface area contributed by atoms with Crippen molar-refractivity contribution in [1.29, 1.82) is 0 Å². The molecule has 1 amide bonds. The van der Waals surface area contributed by atoms with Crippen LogP contribution in [-0.4, -0.2) is 30.4 Å². The maximum atomic E-state index is 12.8. The van der Waals surface area contributed by atoms with Crippen molar-refractivity contribution in [3.63, 3.8) is 0 Å². The quantitative estimate of drug-likeness (QED) is 0.926. The lowest BCUT2D eigenvalue weighted by Gasteiger charge is -2.41. The lowest BCUT2D eigenvalue weighted by atomic mass is 9.75. The summed E-state index contributed by atoms with van der Waals surface area (Å²) in [7, 11) is 0. The van der Waals surface area contributed by atoms with E-state index in [4.69, 9.17) is 0 Å². The molecule has 1 aromatic rings. The number of rotatable bonds is 3. The third kappa shape index (κ3) is 3.82. The molecule has 0 aromatic heterocycles. The summed E-state index contributed by atoms with van der Waals surface area (Å²) in [4.78, 5) is 14.3. The second-order valence-electron chi connectivity index (χ2n) is 6.38. The number of anilines is 1. The van der Waals surface area contributed by atoms with Crippen LogP contribution < -0.4 is 5.32 Å². The zero-order valence-corrected chi connectivity index (χ0v) is 12.4. The van der Waals surface area contributed by atoms with Crippen molar-refractivity contribution in [3.05, 3.63) is 30.1 Å². The van der Waals surface area contributed by atoms with Crippen LogP contribution in [0.15, 0.2) is 24.3 Å². The fourth-order valence-corrected chi connectivity index (χ4v) is 3.76. The van der Waals surface area contributed by atoms with Gasteiger partial charge in [-0.25, -0.2) is 4.39 Å². The van der Waals surface area contributed by atoms with Gasteiger partial charge in [0, 0.05) is 12.2 Å². The first kappa shape index (κ1) is 14.5. The van der Waals surface area contributed by atoms with E-state index in [0.717, 1.165) is 24.9 Å². The van der Waals surface area contributed by atoms with Crippen LogP contribution in [0.1, 0.15) is 32.1 Å². The molecule has 1 N–H and O–H groups in total. The highest BCUT2D eigenvalue weighted by atomic mass is 19.1. The molecule has 3 rings (SSSR count). The van der Waals surface area contributed by atoms with E-state index in [1.807, 2.05) is 0 Å². The van der Waals surface area contributed by atoms with E-state index in [-0.39, 0.29) is 11.7 Å². The highest BCUT2D eigenvalue weighted by Gasteiger charge is 2.31. The van der Waals surface area contributed by atoms with Gasteiger partial charge in [0.2, 0.25) is 5.91 Å². The number of carbonyl (C=O) groups excluding carboxylic acids is 1. The maximum Gasteiger partial charge on any atom is 0.238 e. The molecule has 0 bridgehead atoms. The Kier molecular flexibility index (Phi) is 4.54. The summed E-state index contributed by atoms with van der Waals surface area (Å²) < 4.78 is 12.8. The van der Waals surface area contributed by atoms with Gasteiger partial charge in [0.25, 0.3) is 0 Å². The zero-order valence-electron chi connectivity index (χ0n) is 12.4. The van der Waals surface area contributed by atoms with Crippen LogP contribution in [0.3, 0.4) is 0 Å².